The van der Waals surface area contributed by atoms with Crippen molar-refractivity contribution in [3.05, 3.63) is 46.5 Å². The van der Waals surface area contributed by atoms with Crippen LogP contribution in [0, 0.1) is 0 Å². The molecule has 4 rings (SSSR count). The summed E-state index contributed by atoms with van der Waals surface area (Å²) in [5, 5.41) is 0. The Hall–Kier alpha value is -3.10. The minimum absolute atomic E-state index is 0. The molecule has 37 heavy (non-hydrogen) atoms. The number of carbonyl (C=O) groups excluding carboxylic acids is 1. The highest BCUT2D eigenvalue weighted by Gasteiger charge is 2.25. The lowest BCUT2D eigenvalue weighted by Crippen LogP contribution is -2.36. The minimum Gasteiger partial charge on any atom is -0.493 e. The average Bonchev–Trinajstić information content (AvgIpc) is 3.16. The van der Waals surface area contributed by atoms with Gasteiger partial charge >= 0.3 is 0 Å². The first-order valence-corrected chi connectivity index (χ1v) is 12.3. The second-order valence-corrected chi connectivity index (χ2v) is 9.03. The Morgan fingerprint density at radius 2 is 1.41 bits per heavy atom. The van der Waals surface area contributed by atoms with Crippen LogP contribution in [0.5, 0.6) is 28.7 Å². The number of aryl methyl sites for hydroxylation is 1. The number of nitrogens with zero attached hydrogens (tertiary/aromatic N) is 2. The Balaban J connectivity index is 0.00000380. The van der Waals surface area contributed by atoms with E-state index >= 15 is 0 Å². The third-order valence-corrected chi connectivity index (χ3v) is 6.92. The van der Waals surface area contributed by atoms with E-state index in [-0.39, 0.29) is 18.3 Å². The maximum atomic E-state index is 13.4. The van der Waals surface area contributed by atoms with Gasteiger partial charge in [0.25, 0.3) is 0 Å². The van der Waals surface area contributed by atoms with Gasteiger partial charge < -0.3 is 28.6 Å². The molecule has 202 valence electrons. The third kappa shape index (κ3) is 6.25. The summed E-state index contributed by atoms with van der Waals surface area (Å²) < 4.78 is 27.3. The van der Waals surface area contributed by atoms with Crippen molar-refractivity contribution in [2.45, 2.75) is 25.8 Å². The molecule has 1 saturated heterocycles. The van der Waals surface area contributed by atoms with E-state index < -0.39 is 0 Å². The fourth-order valence-corrected chi connectivity index (χ4v) is 5.01. The largest absolute Gasteiger partial charge is 0.493 e. The van der Waals surface area contributed by atoms with E-state index in [9.17, 15) is 4.79 Å². The first-order chi connectivity index (χ1) is 17.5. The van der Waals surface area contributed by atoms with Crippen LogP contribution < -0.4 is 23.7 Å². The molecule has 0 aromatic heterocycles. The van der Waals surface area contributed by atoms with E-state index in [4.69, 9.17) is 23.7 Å². The van der Waals surface area contributed by atoms with Crippen LogP contribution in [-0.2, 0) is 17.8 Å². The van der Waals surface area contributed by atoms with Gasteiger partial charge in [0.05, 0.1) is 35.5 Å². The summed E-state index contributed by atoms with van der Waals surface area (Å²) in [7, 11) is 8.13. The predicted molar refractivity (Wildman–Crippen MR) is 146 cm³/mol. The van der Waals surface area contributed by atoms with E-state index in [1.807, 2.05) is 35.2 Å². The molecule has 1 amide bonds. The van der Waals surface area contributed by atoms with Gasteiger partial charge in [0.1, 0.15) is 0 Å². The molecule has 2 aromatic rings. The van der Waals surface area contributed by atoms with E-state index in [0.29, 0.717) is 29.5 Å². The van der Waals surface area contributed by atoms with Crippen LogP contribution in [0.4, 0.5) is 0 Å². The van der Waals surface area contributed by atoms with Gasteiger partial charge in [-0.2, -0.15) is 0 Å². The number of rotatable bonds is 8. The maximum Gasteiger partial charge on any atom is 0.249 e. The lowest BCUT2D eigenvalue weighted by atomic mass is 9.91. The molecule has 0 bridgehead atoms. The first kappa shape index (κ1) is 28.5. The molecule has 0 saturated carbocycles. The van der Waals surface area contributed by atoms with Crippen molar-refractivity contribution in [1.29, 1.82) is 0 Å². The molecule has 1 heterocycles. The van der Waals surface area contributed by atoms with Crippen LogP contribution in [0.25, 0.3) is 6.08 Å². The molecule has 9 heteroatoms. The minimum atomic E-state index is 0. The first-order valence-electron chi connectivity index (χ1n) is 12.3. The van der Waals surface area contributed by atoms with Crippen molar-refractivity contribution in [3.8, 4) is 28.7 Å². The van der Waals surface area contributed by atoms with Gasteiger partial charge in [-0.3, -0.25) is 9.69 Å². The Morgan fingerprint density at radius 3 is 2.03 bits per heavy atom. The van der Waals surface area contributed by atoms with Crippen molar-refractivity contribution < 1.29 is 28.5 Å². The molecule has 0 N–H and O–H groups in total. The number of fused-ring (bicyclic) bond motifs is 1. The maximum absolute atomic E-state index is 13.4. The summed E-state index contributed by atoms with van der Waals surface area (Å²) in [6.07, 6.45) is 4.48. The molecule has 0 spiro atoms. The summed E-state index contributed by atoms with van der Waals surface area (Å²) >= 11 is 0. The highest BCUT2D eigenvalue weighted by molar-refractivity contribution is 5.98. The summed E-state index contributed by atoms with van der Waals surface area (Å²) in [4.78, 5) is 17.8. The van der Waals surface area contributed by atoms with E-state index in [1.54, 1.807) is 35.5 Å². The zero-order valence-electron chi connectivity index (χ0n) is 22.3. The quantitative estimate of drug-likeness (QED) is 0.504. The predicted octanol–water partition coefficient (Wildman–Crippen LogP) is 4.22. The monoisotopic (exact) mass is 532 g/mol. The number of carbonyl (C=O) groups is 1. The van der Waals surface area contributed by atoms with E-state index in [1.165, 1.54) is 5.56 Å². The average molecular weight is 533 g/mol. The van der Waals surface area contributed by atoms with Crippen molar-refractivity contribution in [3.63, 3.8) is 0 Å². The number of hydrogen-bond acceptors (Lipinski definition) is 7. The molecule has 2 aromatic carbocycles. The SMILES string of the molecule is COc1cc2c(cc1OC)CCC(C(=O)N1CCCN(Cc3cc(OC)c(OC)c(OC)c3)CC1)=C2.Cl. The van der Waals surface area contributed by atoms with Gasteiger partial charge in [-0.25, -0.2) is 0 Å². The molecular formula is C28H37ClN2O6. The van der Waals surface area contributed by atoms with Gasteiger partial charge in [-0.15, -0.1) is 12.4 Å². The molecule has 1 aliphatic carbocycles. The van der Waals surface area contributed by atoms with Gasteiger partial charge in [-0.1, -0.05) is 0 Å². The van der Waals surface area contributed by atoms with Gasteiger partial charge in [-0.05, 0) is 66.3 Å². The van der Waals surface area contributed by atoms with Crippen LogP contribution in [0.3, 0.4) is 0 Å². The number of halogens is 1. The van der Waals surface area contributed by atoms with Crippen molar-refractivity contribution in [2.75, 3.05) is 61.7 Å². The van der Waals surface area contributed by atoms with Crippen molar-refractivity contribution in [1.82, 2.24) is 9.80 Å². The lowest BCUT2D eigenvalue weighted by molar-refractivity contribution is -0.127. The van der Waals surface area contributed by atoms with Crippen LogP contribution in [-0.4, -0.2) is 77.4 Å². The Labute approximate surface area is 225 Å². The normalized spacial score (nSPS) is 15.5. The number of hydrogen-bond donors (Lipinski definition) is 0. The third-order valence-electron chi connectivity index (χ3n) is 6.92. The van der Waals surface area contributed by atoms with Gasteiger partial charge in [0.2, 0.25) is 11.7 Å². The molecule has 0 radical (unpaired) electrons. The summed E-state index contributed by atoms with van der Waals surface area (Å²) in [6, 6.07) is 7.95. The fourth-order valence-electron chi connectivity index (χ4n) is 5.01. The lowest BCUT2D eigenvalue weighted by Gasteiger charge is -2.25. The smallest absolute Gasteiger partial charge is 0.249 e. The van der Waals surface area contributed by atoms with Crippen LogP contribution in [0.1, 0.15) is 29.5 Å². The Bertz CT molecular complexity index is 1110. The number of methoxy groups -OCH3 is 5. The van der Waals surface area contributed by atoms with Crippen LogP contribution in [0.15, 0.2) is 29.8 Å². The second kappa shape index (κ2) is 12.9. The van der Waals surface area contributed by atoms with E-state index in [0.717, 1.165) is 67.9 Å². The molecular weight excluding hydrogens is 496 g/mol. The molecule has 1 aliphatic heterocycles. The summed E-state index contributed by atoms with van der Waals surface area (Å²) in [5.74, 6) is 3.42. The van der Waals surface area contributed by atoms with Crippen LogP contribution in [0.2, 0.25) is 0 Å². The zero-order valence-corrected chi connectivity index (χ0v) is 23.1. The standard InChI is InChI=1S/C28H36N2O6.ClH/c1-32-23-16-20-7-8-21(15-22(20)17-24(23)33-2)28(31)30-10-6-9-29(11-12-30)18-19-13-25(34-3)27(36-5)26(14-19)35-4;/h13-17H,6-12,18H2,1-5H3;1H. The molecule has 0 atom stereocenters. The van der Waals surface area contributed by atoms with Crippen molar-refractivity contribution in [2.24, 2.45) is 0 Å². The summed E-state index contributed by atoms with van der Waals surface area (Å²) in [6.45, 7) is 3.91. The van der Waals surface area contributed by atoms with E-state index in [2.05, 4.69) is 4.90 Å². The number of ether oxygens (including phenoxy) is 5. The molecule has 0 unspecified atom stereocenters. The highest BCUT2D eigenvalue weighted by Crippen LogP contribution is 2.39. The van der Waals surface area contributed by atoms with Crippen LogP contribution >= 0.6 is 12.4 Å². The Kier molecular flexibility index (Phi) is 9.94. The Morgan fingerprint density at radius 1 is 0.757 bits per heavy atom. The molecule has 8 nitrogen and oxygen atoms in total. The topological polar surface area (TPSA) is 69.7 Å². The van der Waals surface area contributed by atoms with Crippen molar-refractivity contribution >= 4 is 24.4 Å². The fraction of sp³-hybridized carbons (Fsp3) is 0.464. The van der Waals surface area contributed by atoms with Gasteiger partial charge in [0.15, 0.2) is 23.0 Å². The summed E-state index contributed by atoms with van der Waals surface area (Å²) in [5.41, 5.74) is 4.14. The number of amides is 1. The second-order valence-electron chi connectivity index (χ2n) is 9.03. The highest BCUT2D eigenvalue weighted by atomic mass is 35.5. The molecule has 2 aliphatic rings. The van der Waals surface area contributed by atoms with Gasteiger partial charge in [0, 0.05) is 38.3 Å². The number of benzene rings is 2. The zero-order chi connectivity index (χ0) is 25.7. The molecule has 1 fully saturated rings.